The summed E-state index contributed by atoms with van der Waals surface area (Å²) in [7, 11) is 0. The van der Waals surface area contributed by atoms with E-state index in [1.807, 2.05) is 0 Å². The SMILES string of the molecule is CCC(CC(N)=NO)NC1CC(O)C1(C)C. The van der Waals surface area contributed by atoms with Gasteiger partial charge >= 0.3 is 0 Å². The molecule has 1 aliphatic carbocycles. The maximum absolute atomic E-state index is 9.63. The van der Waals surface area contributed by atoms with Gasteiger partial charge in [-0.2, -0.15) is 0 Å². The van der Waals surface area contributed by atoms with Crippen molar-refractivity contribution in [2.75, 3.05) is 0 Å². The third kappa shape index (κ3) is 2.65. The predicted molar refractivity (Wildman–Crippen MR) is 63.4 cm³/mol. The number of hydrogen-bond acceptors (Lipinski definition) is 4. The summed E-state index contributed by atoms with van der Waals surface area (Å²) in [6.45, 7) is 6.16. The third-order valence-electron chi connectivity index (χ3n) is 3.73. The molecular weight excluding hydrogens is 206 g/mol. The lowest BCUT2D eigenvalue weighted by molar-refractivity contribution is -0.0757. The summed E-state index contributed by atoms with van der Waals surface area (Å²) in [5.74, 6) is 0.247. The summed E-state index contributed by atoms with van der Waals surface area (Å²) in [6.07, 6.45) is 2.00. The molecule has 5 heteroatoms. The molecule has 5 N–H and O–H groups in total. The Balaban J connectivity index is 2.46. The van der Waals surface area contributed by atoms with E-state index in [1.165, 1.54) is 0 Å². The molecule has 1 rings (SSSR count). The Hall–Kier alpha value is -0.810. The van der Waals surface area contributed by atoms with Crippen LogP contribution in [0.4, 0.5) is 0 Å². The van der Waals surface area contributed by atoms with E-state index in [4.69, 9.17) is 10.9 Å². The molecule has 5 nitrogen and oxygen atoms in total. The second-order valence-corrected chi connectivity index (χ2v) is 5.19. The standard InChI is InChI=1S/C11H23N3O2/c1-4-7(5-10(12)14-16)13-8-6-9(15)11(8,2)3/h7-9,13,15-16H,4-6H2,1-3H3,(H2,12,14). The molecule has 0 radical (unpaired) electrons. The Labute approximate surface area is 96.7 Å². The molecule has 3 unspecified atom stereocenters. The van der Waals surface area contributed by atoms with Gasteiger partial charge in [0, 0.05) is 23.9 Å². The number of hydrogen-bond donors (Lipinski definition) is 4. The first-order chi connectivity index (χ1) is 7.41. The molecule has 0 heterocycles. The van der Waals surface area contributed by atoms with Crippen LogP contribution in [0, 0.1) is 5.41 Å². The molecule has 0 spiro atoms. The lowest BCUT2D eigenvalue weighted by Gasteiger charge is -2.51. The van der Waals surface area contributed by atoms with Crippen molar-refractivity contribution in [3.05, 3.63) is 0 Å². The highest BCUT2D eigenvalue weighted by atomic mass is 16.4. The smallest absolute Gasteiger partial charge is 0.140 e. The molecule has 0 aromatic carbocycles. The van der Waals surface area contributed by atoms with Crippen LogP contribution in [0.5, 0.6) is 0 Å². The normalized spacial score (nSPS) is 30.9. The zero-order valence-corrected chi connectivity index (χ0v) is 10.3. The lowest BCUT2D eigenvalue weighted by Crippen LogP contribution is -2.62. The van der Waals surface area contributed by atoms with Gasteiger partial charge in [0.05, 0.1) is 6.10 Å². The second-order valence-electron chi connectivity index (χ2n) is 5.19. The summed E-state index contributed by atoms with van der Waals surface area (Å²) in [5.41, 5.74) is 5.41. The molecule has 0 saturated heterocycles. The van der Waals surface area contributed by atoms with Crippen molar-refractivity contribution in [3.8, 4) is 0 Å². The zero-order chi connectivity index (χ0) is 12.3. The molecule has 1 saturated carbocycles. The van der Waals surface area contributed by atoms with Gasteiger partial charge in [0.1, 0.15) is 5.84 Å². The predicted octanol–water partition coefficient (Wildman–Crippen LogP) is 0.651. The first-order valence-electron chi connectivity index (χ1n) is 5.82. The van der Waals surface area contributed by atoms with Crippen LogP contribution in [0.2, 0.25) is 0 Å². The fourth-order valence-electron chi connectivity index (χ4n) is 2.08. The molecule has 0 amide bonds. The van der Waals surface area contributed by atoms with E-state index in [2.05, 4.69) is 31.2 Å². The lowest BCUT2D eigenvalue weighted by atomic mass is 9.64. The van der Waals surface area contributed by atoms with Crippen LogP contribution in [-0.2, 0) is 0 Å². The van der Waals surface area contributed by atoms with E-state index in [0.717, 1.165) is 12.8 Å². The van der Waals surface area contributed by atoms with E-state index in [-0.39, 0.29) is 23.4 Å². The first kappa shape index (κ1) is 13.3. The van der Waals surface area contributed by atoms with Crippen molar-refractivity contribution in [1.82, 2.24) is 5.32 Å². The summed E-state index contributed by atoms with van der Waals surface area (Å²) in [4.78, 5) is 0. The van der Waals surface area contributed by atoms with Crippen LogP contribution in [0.15, 0.2) is 5.16 Å². The summed E-state index contributed by atoms with van der Waals surface area (Å²) in [6, 6.07) is 0.506. The molecule has 1 fully saturated rings. The average Bonchev–Trinajstić information content (AvgIpc) is 2.26. The van der Waals surface area contributed by atoms with Crippen molar-refractivity contribution >= 4 is 5.84 Å². The van der Waals surface area contributed by atoms with Gasteiger partial charge in [0.25, 0.3) is 0 Å². The van der Waals surface area contributed by atoms with E-state index in [0.29, 0.717) is 12.5 Å². The number of oxime groups is 1. The van der Waals surface area contributed by atoms with Crippen LogP contribution in [0.3, 0.4) is 0 Å². The Kier molecular flexibility index (Phi) is 4.15. The zero-order valence-electron chi connectivity index (χ0n) is 10.3. The van der Waals surface area contributed by atoms with E-state index < -0.39 is 0 Å². The van der Waals surface area contributed by atoms with Gasteiger partial charge in [-0.1, -0.05) is 25.9 Å². The third-order valence-corrected chi connectivity index (χ3v) is 3.73. The highest BCUT2D eigenvalue weighted by molar-refractivity contribution is 5.80. The molecule has 0 aliphatic heterocycles. The highest BCUT2D eigenvalue weighted by Gasteiger charge is 2.47. The van der Waals surface area contributed by atoms with Gasteiger partial charge in [-0.15, -0.1) is 0 Å². The number of amidine groups is 1. The van der Waals surface area contributed by atoms with Crippen LogP contribution in [-0.4, -0.2) is 34.3 Å². The molecule has 0 bridgehead atoms. The monoisotopic (exact) mass is 229 g/mol. The number of aliphatic hydroxyl groups is 1. The van der Waals surface area contributed by atoms with E-state index in [9.17, 15) is 5.11 Å². The van der Waals surface area contributed by atoms with Gasteiger partial charge in [0.15, 0.2) is 0 Å². The Morgan fingerprint density at radius 2 is 2.25 bits per heavy atom. The van der Waals surface area contributed by atoms with Crippen LogP contribution >= 0.6 is 0 Å². The minimum Gasteiger partial charge on any atom is -0.409 e. The van der Waals surface area contributed by atoms with Crippen molar-refractivity contribution in [2.45, 2.75) is 58.2 Å². The molecule has 1 aliphatic rings. The van der Waals surface area contributed by atoms with Gasteiger partial charge in [0.2, 0.25) is 0 Å². The van der Waals surface area contributed by atoms with Gasteiger partial charge in [-0.25, -0.2) is 0 Å². The van der Waals surface area contributed by atoms with E-state index >= 15 is 0 Å². The number of aliphatic hydroxyl groups excluding tert-OH is 1. The van der Waals surface area contributed by atoms with Gasteiger partial charge in [-0.3, -0.25) is 0 Å². The van der Waals surface area contributed by atoms with Gasteiger partial charge in [-0.05, 0) is 12.8 Å². The van der Waals surface area contributed by atoms with Crippen LogP contribution in [0.1, 0.15) is 40.0 Å². The number of nitrogens with zero attached hydrogens (tertiary/aromatic N) is 1. The van der Waals surface area contributed by atoms with Crippen LogP contribution in [0.25, 0.3) is 0 Å². The number of nitrogens with one attached hydrogen (secondary N) is 1. The summed E-state index contributed by atoms with van der Waals surface area (Å²) >= 11 is 0. The molecule has 16 heavy (non-hydrogen) atoms. The maximum Gasteiger partial charge on any atom is 0.140 e. The summed E-state index contributed by atoms with van der Waals surface area (Å²) < 4.78 is 0. The Morgan fingerprint density at radius 3 is 2.62 bits per heavy atom. The maximum atomic E-state index is 9.63. The fourth-order valence-corrected chi connectivity index (χ4v) is 2.08. The van der Waals surface area contributed by atoms with Crippen molar-refractivity contribution in [1.29, 1.82) is 0 Å². The molecular formula is C11H23N3O2. The quantitative estimate of drug-likeness (QED) is 0.241. The largest absolute Gasteiger partial charge is 0.409 e. The average molecular weight is 229 g/mol. The fraction of sp³-hybridized carbons (Fsp3) is 0.909. The van der Waals surface area contributed by atoms with Crippen LogP contribution < -0.4 is 11.1 Å². The number of nitrogens with two attached hydrogens (primary N) is 1. The first-order valence-corrected chi connectivity index (χ1v) is 5.82. The molecule has 3 atom stereocenters. The van der Waals surface area contributed by atoms with Crippen molar-refractivity contribution in [2.24, 2.45) is 16.3 Å². The minimum absolute atomic E-state index is 0.0848. The highest BCUT2D eigenvalue weighted by Crippen LogP contribution is 2.40. The Morgan fingerprint density at radius 1 is 1.62 bits per heavy atom. The van der Waals surface area contributed by atoms with Crippen molar-refractivity contribution in [3.63, 3.8) is 0 Å². The number of rotatable bonds is 5. The molecule has 0 aromatic heterocycles. The molecule has 94 valence electrons. The Bertz CT molecular complexity index is 266. The minimum atomic E-state index is -0.230. The van der Waals surface area contributed by atoms with E-state index in [1.54, 1.807) is 0 Å². The van der Waals surface area contributed by atoms with Crippen molar-refractivity contribution < 1.29 is 10.3 Å². The summed E-state index contributed by atoms with van der Waals surface area (Å²) in [5, 5.41) is 24.6. The van der Waals surface area contributed by atoms with Gasteiger partial charge < -0.3 is 21.4 Å². The second kappa shape index (κ2) is 5.01. The topological polar surface area (TPSA) is 90.9 Å². The molecule has 0 aromatic rings.